The van der Waals surface area contributed by atoms with E-state index in [9.17, 15) is 0 Å². The minimum Gasteiger partial charge on any atom is -0.347 e. The molecule has 0 amide bonds. The van der Waals surface area contributed by atoms with Crippen LogP contribution < -0.4 is 0 Å². The van der Waals surface area contributed by atoms with E-state index in [0.717, 1.165) is 5.57 Å². The highest BCUT2D eigenvalue weighted by Gasteiger charge is 2.11. The summed E-state index contributed by atoms with van der Waals surface area (Å²) < 4.78 is 10.5. The second-order valence-electron chi connectivity index (χ2n) is 2.58. The molecule has 0 radical (unpaired) electrons. The van der Waals surface area contributed by atoms with Gasteiger partial charge in [0.15, 0.2) is 6.29 Å². The monoisotopic (exact) mass is 178 g/mol. The van der Waals surface area contributed by atoms with E-state index in [1.807, 2.05) is 18.2 Å². The lowest BCUT2D eigenvalue weighted by molar-refractivity contribution is -0.00155. The van der Waals surface area contributed by atoms with Gasteiger partial charge in [-0.05, 0) is 11.6 Å². The molecule has 1 fully saturated rings. The number of hydrogen-bond donors (Lipinski definition) is 0. The van der Waals surface area contributed by atoms with Gasteiger partial charge in [-0.25, -0.2) is 0 Å². The maximum absolute atomic E-state index is 5.23. The molecule has 0 atom stereocenters. The van der Waals surface area contributed by atoms with Gasteiger partial charge in [0.05, 0.1) is 13.2 Å². The molecule has 0 N–H and O–H groups in total. The van der Waals surface area contributed by atoms with Crippen LogP contribution in [0.25, 0.3) is 0 Å². The third-order valence-corrected chi connectivity index (χ3v) is 1.64. The van der Waals surface area contributed by atoms with Crippen LogP contribution >= 0.6 is 0 Å². The van der Waals surface area contributed by atoms with Crippen LogP contribution in [0.1, 0.15) is 0 Å². The molecule has 0 spiro atoms. The van der Waals surface area contributed by atoms with E-state index in [-0.39, 0.29) is 6.29 Å². The van der Waals surface area contributed by atoms with Crippen molar-refractivity contribution >= 4 is 0 Å². The van der Waals surface area contributed by atoms with E-state index in [0.29, 0.717) is 13.2 Å². The fourth-order valence-electron chi connectivity index (χ4n) is 1.01. The molecule has 0 saturated carbocycles. The fourth-order valence-corrected chi connectivity index (χ4v) is 1.01. The molecule has 0 aromatic heterocycles. The quantitative estimate of drug-likeness (QED) is 0.614. The van der Waals surface area contributed by atoms with Crippen LogP contribution in [0, 0.1) is 0 Å². The van der Waals surface area contributed by atoms with Crippen LogP contribution in [-0.2, 0) is 9.47 Å². The topological polar surface area (TPSA) is 18.5 Å². The molecule has 0 aromatic rings. The first-order chi connectivity index (χ1) is 6.36. The number of rotatable bonds is 4. The van der Waals surface area contributed by atoms with Crippen LogP contribution in [0.2, 0.25) is 0 Å². The number of ether oxygens (including phenoxy) is 2. The third kappa shape index (κ3) is 3.40. The van der Waals surface area contributed by atoms with Gasteiger partial charge in [0.2, 0.25) is 0 Å². The van der Waals surface area contributed by atoms with Crippen LogP contribution in [0.5, 0.6) is 0 Å². The van der Waals surface area contributed by atoms with Crippen molar-refractivity contribution in [3.8, 4) is 0 Å². The minimum absolute atomic E-state index is 0.201. The van der Waals surface area contributed by atoms with Crippen LogP contribution in [0.15, 0.2) is 49.1 Å². The zero-order valence-corrected chi connectivity index (χ0v) is 7.61. The molecule has 0 aliphatic carbocycles. The summed E-state index contributed by atoms with van der Waals surface area (Å²) in [7, 11) is 0. The highest BCUT2D eigenvalue weighted by Crippen LogP contribution is 2.07. The van der Waals surface area contributed by atoms with Crippen LogP contribution in [-0.4, -0.2) is 19.5 Å². The Labute approximate surface area is 78.9 Å². The van der Waals surface area contributed by atoms with Crippen molar-refractivity contribution in [3.63, 3.8) is 0 Å². The van der Waals surface area contributed by atoms with Crippen molar-refractivity contribution in [3.05, 3.63) is 49.1 Å². The molecule has 0 bridgehead atoms. The van der Waals surface area contributed by atoms with Gasteiger partial charge in [-0.1, -0.05) is 37.5 Å². The van der Waals surface area contributed by atoms with E-state index < -0.39 is 0 Å². The number of allylic oxidation sites excluding steroid dienone is 5. The normalized spacial score (nSPS) is 19.5. The summed E-state index contributed by atoms with van der Waals surface area (Å²) in [5.74, 6) is 0. The predicted molar refractivity (Wildman–Crippen MR) is 53.3 cm³/mol. The first-order valence-electron chi connectivity index (χ1n) is 4.23. The second-order valence-corrected chi connectivity index (χ2v) is 2.58. The van der Waals surface area contributed by atoms with Crippen LogP contribution in [0.4, 0.5) is 0 Å². The molecule has 1 aliphatic rings. The molecule has 0 aromatic carbocycles. The molecule has 0 unspecified atom stereocenters. The Morgan fingerprint density at radius 3 is 2.46 bits per heavy atom. The molecular formula is C11H14O2. The van der Waals surface area contributed by atoms with Crippen molar-refractivity contribution in [2.75, 3.05) is 13.2 Å². The average Bonchev–Trinajstić information content (AvgIpc) is 2.64. The summed E-state index contributed by atoms with van der Waals surface area (Å²) in [6, 6.07) is 0. The molecule has 13 heavy (non-hydrogen) atoms. The molecule has 2 nitrogen and oxygen atoms in total. The van der Waals surface area contributed by atoms with E-state index in [1.54, 1.807) is 12.2 Å². The van der Waals surface area contributed by atoms with Crippen molar-refractivity contribution in [2.45, 2.75) is 6.29 Å². The summed E-state index contributed by atoms with van der Waals surface area (Å²) in [6.07, 6.45) is 8.92. The third-order valence-electron chi connectivity index (χ3n) is 1.64. The Hall–Kier alpha value is -1.12. The Kier molecular flexibility index (Phi) is 4.23. The maximum atomic E-state index is 5.23. The maximum Gasteiger partial charge on any atom is 0.177 e. The molecule has 1 heterocycles. The van der Waals surface area contributed by atoms with Crippen LogP contribution in [0.3, 0.4) is 0 Å². The Morgan fingerprint density at radius 2 is 1.92 bits per heavy atom. The molecule has 1 rings (SSSR count). The highest BCUT2D eigenvalue weighted by atomic mass is 16.7. The van der Waals surface area contributed by atoms with Crippen molar-refractivity contribution in [1.29, 1.82) is 0 Å². The van der Waals surface area contributed by atoms with Crippen molar-refractivity contribution < 1.29 is 9.47 Å². The largest absolute Gasteiger partial charge is 0.347 e. The highest BCUT2D eigenvalue weighted by molar-refractivity contribution is 5.32. The summed E-state index contributed by atoms with van der Waals surface area (Å²) >= 11 is 0. The minimum atomic E-state index is -0.201. The zero-order valence-electron chi connectivity index (χ0n) is 7.61. The van der Waals surface area contributed by atoms with Gasteiger partial charge in [0.1, 0.15) is 0 Å². The average molecular weight is 178 g/mol. The van der Waals surface area contributed by atoms with E-state index in [4.69, 9.17) is 9.47 Å². The molecular weight excluding hydrogens is 164 g/mol. The lowest BCUT2D eigenvalue weighted by Crippen LogP contribution is -2.01. The van der Waals surface area contributed by atoms with E-state index >= 15 is 0 Å². The summed E-state index contributed by atoms with van der Waals surface area (Å²) in [6.45, 7) is 8.62. The van der Waals surface area contributed by atoms with Crippen molar-refractivity contribution in [1.82, 2.24) is 0 Å². The lowest BCUT2D eigenvalue weighted by Gasteiger charge is -2.00. The fraction of sp³-hybridized carbons (Fsp3) is 0.273. The molecule has 70 valence electrons. The van der Waals surface area contributed by atoms with Gasteiger partial charge in [0.25, 0.3) is 0 Å². The zero-order chi connectivity index (χ0) is 9.52. The van der Waals surface area contributed by atoms with Gasteiger partial charge in [-0.3, -0.25) is 0 Å². The summed E-state index contributed by atoms with van der Waals surface area (Å²) in [5.41, 5.74) is 0.995. The Balaban J connectivity index is 2.48. The first kappa shape index (κ1) is 9.96. The smallest absolute Gasteiger partial charge is 0.177 e. The van der Waals surface area contributed by atoms with Crippen molar-refractivity contribution in [2.24, 2.45) is 0 Å². The second kappa shape index (κ2) is 5.51. The summed E-state index contributed by atoms with van der Waals surface area (Å²) in [4.78, 5) is 0. The van der Waals surface area contributed by atoms with Gasteiger partial charge >= 0.3 is 0 Å². The van der Waals surface area contributed by atoms with Gasteiger partial charge in [-0.15, -0.1) is 0 Å². The van der Waals surface area contributed by atoms with Gasteiger partial charge < -0.3 is 9.47 Å². The summed E-state index contributed by atoms with van der Waals surface area (Å²) in [5, 5.41) is 0. The SMILES string of the molecule is C=C/C=C(C=C)/C=C/C1OCCO1. The van der Waals surface area contributed by atoms with Gasteiger partial charge in [-0.2, -0.15) is 0 Å². The van der Waals surface area contributed by atoms with Gasteiger partial charge in [0, 0.05) is 0 Å². The number of hydrogen-bond acceptors (Lipinski definition) is 2. The van der Waals surface area contributed by atoms with E-state index in [1.165, 1.54) is 0 Å². The van der Waals surface area contributed by atoms with E-state index in [2.05, 4.69) is 13.2 Å². The standard InChI is InChI=1S/C11H14O2/c1-3-5-10(4-2)6-7-11-12-8-9-13-11/h3-7,11H,1-2,8-9H2/b7-6+,10-5+. The Morgan fingerprint density at radius 1 is 1.23 bits per heavy atom. The molecule has 2 heteroatoms. The lowest BCUT2D eigenvalue weighted by atomic mass is 10.2. The first-order valence-corrected chi connectivity index (χ1v) is 4.23. The molecule has 1 aliphatic heterocycles. The molecule has 1 saturated heterocycles. The Bertz CT molecular complexity index is 232. The predicted octanol–water partition coefficient (Wildman–Crippen LogP) is 2.21.